The molecule has 1 heterocycles. The Morgan fingerprint density at radius 1 is 0.667 bits per heavy atom. The topological polar surface area (TPSA) is 30.7 Å². The van der Waals surface area contributed by atoms with E-state index in [2.05, 4.69) is 46.5 Å². The lowest BCUT2D eigenvalue weighted by molar-refractivity contribution is 0.459. The van der Waals surface area contributed by atoms with Crippen LogP contribution in [0, 0.1) is 0 Å². The van der Waals surface area contributed by atoms with Gasteiger partial charge in [-0.1, -0.05) is 91.0 Å². The van der Waals surface area contributed by atoms with Crippen molar-refractivity contribution in [2.75, 3.05) is 0 Å². The Morgan fingerprint density at radius 2 is 1.08 bits per heavy atom. The highest BCUT2D eigenvalue weighted by atomic mass is 15.4. The van der Waals surface area contributed by atoms with Crippen LogP contribution in [0.1, 0.15) is 18.1 Å². The van der Waals surface area contributed by atoms with Crippen LogP contribution in [0.15, 0.2) is 104 Å². The third-order valence-electron chi connectivity index (χ3n) is 4.27. The van der Waals surface area contributed by atoms with Crippen molar-refractivity contribution in [1.29, 1.82) is 0 Å². The number of benzene rings is 3. The Morgan fingerprint density at radius 3 is 1.42 bits per heavy atom. The maximum Gasteiger partial charge on any atom is 0.139 e. The van der Waals surface area contributed by atoms with Crippen molar-refractivity contribution in [2.24, 2.45) is 0 Å². The summed E-state index contributed by atoms with van der Waals surface area (Å²) < 4.78 is 10.0. The normalized spacial score (nSPS) is 11.9. The van der Waals surface area contributed by atoms with E-state index in [0.29, 0.717) is 0 Å². The van der Waals surface area contributed by atoms with Crippen molar-refractivity contribution < 1.29 is 1.37 Å². The van der Waals surface area contributed by atoms with Gasteiger partial charge in [-0.15, -0.1) is 0 Å². The fourth-order valence-electron chi connectivity index (χ4n) is 3.25. The zero-order valence-electron chi connectivity index (χ0n) is 14.1. The average Bonchev–Trinajstić information content (AvgIpc) is 3.12. The number of hydrogen-bond donors (Lipinski definition) is 0. The fourth-order valence-corrected chi connectivity index (χ4v) is 3.25. The Kier molecular flexibility index (Phi) is 3.38. The first-order valence-electron chi connectivity index (χ1n) is 8.37. The van der Waals surface area contributed by atoms with Gasteiger partial charge in [-0.2, -0.15) is 5.10 Å². The molecular formula is C21H17N3. The molecule has 3 nitrogen and oxygen atoms in total. The second kappa shape index (κ2) is 6.13. The van der Waals surface area contributed by atoms with Crippen LogP contribution in [0.5, 0.6) is 0 Å². The Balaban J connectivity index is 2.15. The summed E-state index contributed by atoms with van der Waals surface area (Å²) in [6, 6.07) is 30.5. The number of nitrogens with zero attached hydrogens (tertiary/aromatic N) is 3. The van der Waals surface area contributed by atoms with Gasteiger partial charge in [-0.05, 0) is 16.7 Å². The van der Waals surface area contributed by atoms with Crippen LogP contribution >= 0.6 is 0 Å². The Labute approximate surface area is 142 Å². The summed E-state index contributed by atoms with van der Waals surface area (Å²) in [6.07, 6.45) is 1.56. The van der Waals surface area contributed by atoms with Crippen molar-refractivity contribution in [3.63, 3.8) is 0 Å². The van der Waals surface area contributed by atoms with Gasteiger partial charge in [0.2, 0.25) is 0 Å². The number of hydrogen-bond acceptors (Lipinski definition) is 2. The molecule has 0 saturated carbocycles. The molecule has 0 unspecified atom stereocenters. The van der Waals surface area contributed by atoms with E-state index in [4.69, 9.17) is 1.37 Å². The molecule has 0 saturated heterocycles. The lowest BCUT2D eigenvalue weighted by atomic mass is 9.77. The maximum absolute atomic E-state index is 8.34. The van der Waals surface area contributed by atoms with Gasteiger partial charge >= 0.3 is 0 Å². The molecule has 24 heavy (non-hydrogen) atoms. The third kappa shape index (κ3) is 2.22. The summed E-state index contributed by atoms with van der Waals surface area (Å²) in [7, 11) is 0. The highest BCUT2D eigenvalue weighted by Crippen LogP contribution is 2.39. The second-order valence-corrected chi connectivity index (χ2v) is 5.58. The molecule has 116 valence electrons. The first-order chi connectivity index (χ1) is 12.3. The minimum absolute atomic E-state index is 0.122. The van der Waals surface area contributed by atoms with Crippen LogP contribution in [0.25, 0.3) is 0 Å². The van der Waals surface area contributed by atoms with Gasteiger partial charge in [0.05, 0.1) is 0 Å². The van der Waals surface area contributed by atoms with Gasteiger partial charge in [-0.3, -0.25) is 0 Å². The first-order valence-corrected chi connectivity index (χ1v) is 7.87. The van der Waals surface area contributed by atoms with E-state index in [-0.39, 0.29) is 6.30 Å². The maximum atomic E-state index is 8.34. The molecule has 0 fully saturated rings. The number of aromatic nitrogens is 3. The minimum atomic E-state index is -0.753. The molecule has 0 N–H and O–H groups in total. The van der Waals surface area contributed by atoms with Crippen molar-refractivity contribution in [1.82, 2.24) is 14.8 Å². The molecular weight excluding hydrogens is 294 g/mol. The zero-order chi connectivity index (χ0) is 17.1. The molecule has 0 aliphatic carbocycles. The van der Waals surface area contributed by atoms with Crippen LogP contribution in [0.3, 0.4) is 0 Å². The highest BCUT2D eigenvalue weighted by Gasteiger charge is 2.39. The van der Waals surface area contributed by atoms with E-state index in [1.165, 1.54) is 6.33 Å². The van der Waals surface area contributed by atoms with E-state index in [1.807, 2.05) is 54.6 Å². The molecule has 0 amide bonds. The van der Waals surface area contributed by atoms with Gasteiger partial charge < -0.3 is 0 Å². The molecule has 3 aromatic carbocycles. The van der Waals surface area contributed by atoms with Crippen LogP contribution in [-0.2, 0) is 5.54 Å². The molecule has 4 aromatic rings. The van der Waals surface area contributed by atoms with E-state index in [0.717, 1.165) is 16.7 Å². The van der Waals surface area contributed by atoms with E-state index >= 15 is 0 Å². The largest absolute Gasteiger partial charge is 0.233 e. The average molecular weight is 312 g/mol. The van der Waals surface area contributed by atoms with Crippen molar-refractivity contribution >= 4 is 0 Å². The van der Waals surface area contributed by atoms with E-state index in [9.17, 15) is 0 Å². The standard InChI is InChI=1S/C21H17N3/c1-4-10-18(11-5-1)21(24-17-22-16-23-24,19-12-6-2-7-13-19)20-14-8-3-9-15-20/h1-17H/i17D. The second-order valence-electron chi connectivity index (χ2n) is 5.58. The molecule has 0 bridgehead atoms. The van der Waals surface area contributed by atoms with Crippen LogP contribution in [0.2, 0.25) is 0 Å². The molecule has 4 rings (SSSR count). The molecule has 0 radical (unpaired) electrons. The van der Waals surface area contributed by atoms with Crippen LogP contribution in [0.4, 0.5) is 0 Å². The summed E-state index contributed by atoms with van der Waals surface area (Å²) in [5, 5.41) is 4.44. The molecule has 0 spiro atoms. The smallest absolute Gasteiger partial charge is 0.139 e. The monoisotopic (exact) mass is 312 g/mol. The lowest BCUT2D eigenvalue weighted by Crippen LogP contribution is -2.38. The SMILES string of the molecule is [2H]c1ncnn1C(c1ccccc1)(c1ccccc1)c1ccccc1. The summed E-state index contributed by atoms with van der Waals surface area (Å²) in [6.45, 7) is 0. The Hall–Kier alpha value is -3.20. The van der Waals surface area contributed by atoms with Gasteiger partial charge in [-0.25, -0.2) is 9.67 Å². The van der Waals surface area contributed by atoms with Gasteiger partial charge in [0.1, 0.15) is 19.5 Å². The minimum Gasteiger partial charge on any atom is -0.233 e. The molecule has 0 aliphatic heterocycles. The summed E-state index contributed by atoms with van der Waals surface area (Å²) in [5.74, 6) is 0. The highest BCUT2D eigenvalue weighted by molar-refractivity contribution is 5.49. The first kappa shape index (κ1) is 13.3. The summed E-state index contributed by atoms with van der Waals surface area (Å²) in [5.41, 5.74) is 2.35. The molecule has 3 heteroatoms. The summed E-state index contributed by atoms with van der Waals surface area (Å²) in [4.78, 5) is 4.08. The zero-order valence-corrected chi connectivity index (χ0v) is 13.1. The number of rotatable bonds is 4. The van der Waals surface area contributed by atoms with Crippen molar-refractivity contribution in [2.45, 2.75) is 5.54 Å². The van der Waals surface area contributed by atoms with Crippen molar-refractivity contribution in [3.05, 3.63) is 120 Å². The Bertz CT molecular complexity index is 853. The van der Waals surface area contributed by atoms with Gasteiger partial charge in [0, 0.05) is 0 Å². The quantitative estimate of drug-likeness (QED) is 0.531. The predicted molar refractivity (Wildman–Crippen MR) is 94.6 cm³/mol. The van der Waals surface area contributed by atoms with Gasteiger partial charge in [0.25, 0.3) is 0 Å². The van der Waals surface area contributed by atoms with Crippen LogP contribution < -0.4 is 0 Å². The molecule has 0 aliphatic rings. The van der Waals surface area contributed by atoms with Gasteiger partial charge in [0.15, 0.2) is 0 Å². The van der Waals surface area contributed by atoms with Crippen LogP contribution in [-0.4, -0.2) is 14.8 Å². The third-order valence-corrected chi connectivity index (χ3v) is 4.27. The predicted octanol–water partition coefficient (Wildman–Crippen LogP) is 4.12. The lowest BCUT2D eigenvalue weighted by Gasteiger charge is -2.35. The molecule has 1 aromatic heterocycles. The molecule has 0 atom stereocenters. The van der Waals surface area contributed by atoms with E-state index in [1.54, 1.807) is 4.68 Å². The fraction of sp³-hybridized carbons (Fsp3) is 0.0476. The van der Waals surface area contributed by atoms with E-state index < -0.39 is 5.54 Å². The summed E-state index contributed by atoms with van der Waals surface area (Å²) >= 11 is 0. The van der Waals surface area contributed by atoms with Crippen molar-refractivity contribution in [3.8, 4) is 0 Å².